The molecule has 0 aliphatic heterocycles. The number of aliphatic hydroxyl groups is 1. The molecule has 0 aliphatic rings. The van der Waals surface area contributed by atoms with E-state index in [0.29, 0.717) is 5.69 Å². The van der Waals surface area contributed by atoms with Crippen LogP contribution in [0.1, 0.15) is 0 Å². The molecule has 2 aromatic carbocycles. The average Bonchev–Trinajstić information content (AvgIpc) is 2.45. The number of sulfonamides is 1. The summed E-state index contributed by atoms with van der Waals surface area (Å²) in [5.41, 5.74) is 0.500. The van der Waals surface area contributed by atoms with Crippen molar-refractivity contribution in [2.45, 2.75) is 4.90 Å². The molecular formula is C14H11Br2FN2O4S. The summed E-state index contributed by atoms with van der Waals surface area (Å²) in [4.78, 5) is 11.0. The summed E-state index contributed by atoms with van der Waals surface area (Å²) < 4.78 is 40.8. The van der Waals surface area contributed by atoms with Crippen LogP contribution in [-0.2, 0) is 14.8 Å². The van der Waals surface area contributed by atoms with E-state index in [2.05, 4.69) is 41.9 Å². The molecule has 0 saturated carbocycles. The maximum atomic E-state index is 13.3. The van der Waals surface area contributed by atoms with E-state index in [1.807, 2.05) is 0 Å². The number of nitrogens with one attached hydrogen (secondary N) is 2. The van der Waals surface area contributed by atoms with E-state index in [1.165, 1.54) is 24.3 Å². The fraction of sp³-hybridized carbons (Fsp3) is 0.0714. The van der Waals surface area contributed by atoms with E-state index >= 15 is 0 Å². The number of anilines is 2. The summed E-state index contributed by atoms with van der Waals surface area (Å²) >= 11 is 6.06. The number of hydrogen-bond acceptors (Lipinski definition) is 4. The topological polar surface area (TPSA) is 95.5 Å². The Hall–Kier alpha value is -1.49. The lowest BCUT2D eigenvalue weighted by molar-refractivity contribution is -0.118. The SMILES string of the molecule is O=C(CO)Nc1cccc(NS(=O)(=O)c2c(Br)cc(F)cc2Br)c1. The van der Waals surface area contributed by atoms with Crippen LogP contribution in [0.4, 0.5) is 15.8 Å². The maximum Gasteiger partial charge on any atom is 0.264 e. The minimum Gasteiger partial charge on any atom is -0.387 e. The van der Waals surface area contributed by atoms with E-state index in [1.54, 1.807) is 0 Å². The van der Waals surface area contributed by atoms with Crippen LogP contribution in [0.2, 0.25) is 0 Å². The van der Waals surface area contributed by atoms with Crippen molar-refractivity contribution < 1.29 is 22.7 Å². The molecule has 6 nitrogen and oxygen atoms in total. The number of benzene rings is 2. The van der Waals surface area contributed by atoms with Crippen LogP contribution >= 0.6 is 31.9 Å². The summed E-state index contributed by atoms with van der Waals surface area (Å²) in [5, 5.41) is 11.1. The molecule has 2 rings (SSSR count). The van der Waals surface area contributed by atoms with Crippen LogP contribution in [0.5, 0.6) is 0 Å². The first-order chi connectivity index (χ1) is 11.2. The van der Waals surface area contributed by atoms with Gasteiger partial charge in [0.05, 0.1) is 5.69 Å². The molecule has 0 aromatic heterocycles. The van der Waals surface area contributed by atoms with Crippen LogP contribution in [-0.4, -0.2) is 26.0 Å². The quantitative estimate of drug-likeness (QED) is 0.611. The minimum atomic E-state index is -4.01. The van der Waals surface area contributed by atoms with Gasteiger partial charge in [0.25, 0.3) is 10.0 Å². The van der Waals surface area contributed by atoms with Crippen molar-refractivity contribution >= 4 is 59.2 Å². The van der Waals surface area contributed by atoms with Crippen molar-refractivity contribution in [2.24, 2.45) is 0 Å². The number of rotatable bonds is 5. The van der Waals surface area contributed by atoms with Gasteiger partial charge in [-0.1, -0.05) is 6.07 Å². The van der Waals surface area contributed by atoms with E-state index in [-0.39, 0.29) is 19.5 Å². The van der Waals surface area contributed by atoms with E-state index in [9.17, 15) is 17.6 Å². The molecule has 1 amide bonds. The summed E-state index contributed by atoms with van der Waals surface area (Å²) in [6, 6.07) is 8.01. The van der Waals surface area contributed by atoms with Gasteiger partial charge in [-0.2, -0.15) is 0 Å². The van der Waals surface area contributed by atoms with Crippen molar-refractivity contribution in [3.63, 3.8) is 0 Å². The number of hydrogen-bond donors (Lipinski definition) is 3. The highest BCUT2D eigenvalue weighted by molar-refractivity contribution is 9.11. The highest BCUT2D eigenvalue weighted by Crippen LogP contribution is 2.32. The lowest BCUT2D eigenvalue weighted by Crippen LogP contribution is -2.17. The molecule has 2 aromatic rings. The second-order valence-corrected chi connectivity index (χ2v) is 7.92. The predicted octanol–water partition coefficient (Wildman–Crippen LogP) is 3.08. The molecule has 3 N–H and O–H groups in total. The monoisotopic (exact) mass is 480 g/mol. The molecule has 0 spiro atoms. The second-order valence-electron chi connectivity index (χ2n) is 4.59. The smallest absolute Gasteiger partial charge is 0.264 e. The fourth-order valence-corrected chi connectivity index (χ4v) is 5.43. The zero-order chi connectivity index (χ0) is 17.9. The molecule has 10 heteroatoms. The van der Waals surface area contributed by atoms with Crippen LogP contribution in [0.15, 0.2) is 50.2 Å². The van der Waals surface area contributed by atoms with Crippen molar-refractivity contribution in [3.05, 3.63) is 51.2 Å². The molecule has 24 heavy (non-hydrogen) atoms. The standard InChI is InChI=1S/C14H11Br2FN2O4S/c15-11-4-8(17)5-12(16)14(11)24(22,23)19-10-3-1-2-9(6-10)18-13(21)7-20/h1-6,19-20H,7H2,(H,18,21). The molecule has 0 radical (unpaired) electrons. The second kappa shape index (κ2) is 7.60. The average molecular weight is 482 g/mol. The van der Waals surface area contributed by atoms with Gasteiger partial charge < -0.3 is 10.4 Å². The van der Waals surface area contributed by atoms with Crippen LogP contribution in [0.25, 0.3) is 0 Å². The molecule has 0 atom stereocenters. The summed E-state index contributed by atoms with van der Waals surface area (Å²) in [7, 11) is -4.01. The Labute approximate surface area is 154 Å². The third kappa shape index (κ3) is 4.53. The third-order valence-corrected chi connectivity index (χ3v) is 6.03. The number of carbonyl (C=O) groups excluding carboxylic acids is 1. The summed E-state index contributed by atoms with van der Waals surface area (Å²) in [6.07, 6.45) is 0. The van der Waals surface area contributed by atoms with Gasteiger partial charge in [0, 0.05) is 14.6 Å². The first kappa shape index (κ1) is 18.8. The first-order valence-electron chi connectivity index (χ1n) is 6.41. The van der Waals surface area contributed by atoms with E-state index in [4.69, 9.17) is 5.11 Å². The Kier molecular flexibility index (Phi) is 5.97. The van der Waals surface area contributed by atoms with Gasteiger partial charge in [-0.25, -0.2) is 12.8 Å². The van der Waals surface area contributed by atoms with Gasteiger partial charge in [-0.3, -0.25) is 9.52 Å². The van der Waals surface area contributed by atoms with E-state index in [0.717, 1.165) is 12.1 Å². The maximum absolute atomic E-state index is 13.3. The summed E-state index contributed by atoms with van der Waals surface area (Å²) in [6.45, 7) is -0.689. The molecule has 0 fully saturated rings. The zero-order valence-corrected chi connectivity index (χ0v) is 15.9. The normalized spacial score (nSPS) is 11.2. The van der Waals surface area contributed by atoms with Crippen molar-refractivity contribution in [1.82, 2.24) is 0 Å². The Balaban J connectivity index is 2.34. The molecule has 0 unspecified atom stereocenters. The van der Waals surface area contributed by atoms with Gasteiger partial charge in [-0.15, -0.1) is 0 Å². The lowest BCUT2D eigenvalue weighted by atomic mass is 10.3. The fourth-order valence-electron chi connectivity index (χ4n) is 1.85. The minimum absolute atomic E-state index is 0.0617. The molecule has 0 aliphatic carbocycles. The van der Waals surface area contributed by atoms with Gasteiger partial charge in [0.15, 0.2) is 0 Å². The molecule has 128 valence electrons. The first-order valence-corrected chi connectivity index (χ1v) is 9.48. The number of carbonyl (C=O) groups is 1. The zero-order valence-electron chi connectivity index (χ0n) is 11.9. The van der Waals surface area contributed by atoms with Crippen molar-refractivity contribution in [1.29, 1.82) is 0 Å². The van der Waals surface area contributed by atoms with Gasteiger partial charge in [0.1, 0.15) is 17.3 Å². The lowest BCUT2D eigenvalue weighted by Gasteiger charge is -2.12. The highest BCUT2D eigenvalue weighted by atomic mass is 79.9. The Morgan fingerprint density at radius 1 is 1.12 bits per heavy atom. The Morgan fingerprint density at radius 2 is 1.71 bits per heavy atom. The molecular weight excluding hydrogens is 471 g/mol. The van der Waals surface area contributed by atoms with Crippen molar-refractivity contribution in [2.75, 3.05) is 16.6 Å². The summed E-state index contributed by atoms with van der Waals surface area (Å²) in [5.74, 6) is -1.22. The third-order valence-electron chi connectivity index (χ3n) is 2.77. The van der Waals surface area contributed by atoms with Crippen LogP contribution in [0.3, 0.4) is 0 Å². The number of amides is 1. The molecule has 0 heterocycles. The van der Waals surface area contributed by atoms with Gasteiger partial charge >= 0.3 is 0 Å². The van der Waals surface area contributed by atoms with Gasteiger partial charge in [0.2, 0.25) is 5.91 Å². The van der Waals surface area contributed by atoms with Gasteiger partial charge in [-0.05, 0) is 62.2 Å². The predicted molar refractivity (Wildman–Crippen MR) is 94.8 cm³/mol. The van der Waals surface area contributed by atoms with Crippen LogP contribution in [0, 0.1) is 5.82 Å². The molecule has 0 bridgehead atoms. The van der Waals surface area contributed by atoms with Crippen molar-refractivity contribution in [3.8, 4) is 0 Å². The Bertz CT molecular complexity index is 867. The van der Waals surface area contributed by atoms with Crippen LogP contribution < -0.4 is 10.0 Å². The van der Waals surface area contributed by atoms with E-state index < -0.39 is 28.4 Å². The number of aliphatic hydroxyl groups excluding tert-OH is 1. The number of halogens is 3. The highest BCUT2D eigenvalue weighted by Gasteiger charge is 2.22. The molecule has 0 saturated heterocycles. The Morgan fingerprint density at radius 3 is 2.29 bits per heavy atom. The largest absolute Gasteiger partial charge is 0.387 e.